The quantitative estimate of drug-likeness (QED) is 0.425. The van der Waals surface area contributed by atoms with Crippen LogP contribution in [-0.2, 0) is 30.8 Å². The van der Waals surface area contributed by atoms with Crippen molar-refractivity contribution < 1.29 is 9.18 Å². The number of halogens is 1. The number of carbonyl (C=O) groups is 1. The van der Waals surface area contributed by atoms with E-state index >= 15 is 0 Å². The molecular weight excluding hydrogens is 449 g/mol. The van der Waals surface area contributed by atoms with Crippen molar-refractivity contribution in [2.24, 2.45) is 0 Å². The molecule has 3 aromatic rings. The van der Waals surface area contributed by atoms with E-state index < -0.39 is 11.2 Å². The first-order valence-electron chi connectivity index (χ1n) is 12.7. The highest BCUT2D eigenvalue weighted by Gasteiger charge is 2.33. The number of rotatable bonds is 12. The SMILES string of the molecule is CCCCn1c(CCC(=O)N(Cc2ccccc2F)C2CC2)nc2c1c(=O)[nH]c(=O)n2CCCC. The van der Waals surface area contributed by atoms with Gasteiger partial charge in [0.1, 0.15) is 11.6 Å². The number of benzene rings is 1. The second-order valence-corrected chi connectivity index (χ2v) is 9.31. The average Bonchev–Trinajstić information content (AvgIpc) is 3.61. The van der Waals surface area contributed by atoms with Gasteiger partial charge in [-0.1, -0.05) is 44.9 Å². The molecule has 0 spiro atoms. The lowest BCUT2D eigenvalue weighted by Crippen LogP contribution is -2.33. The molecule has 0 radical (unpaired) electrons. The lowest BCUT2D eigenvalue weighted by atomic mass is 10.1. The number of nitrogens with zero attached hydrogens (tertiary/aromatic N) is 4. The molecule has 1 saturated carbocycles. The number of amides is 1. The first kappa shape index (κ1) is 24.9. The summed E-state index contributed by atoms with van der Waals surface area (Å²) in [5, 5.41) is 0. The van der Waals surface area contributed by atoms with Gasteiger partial charge in [-0.05, 0) is 31.7 Å². The van der Waals surface area contributed by atoms with Crippen molar-refractivity contribution in [1.82, 2.24) is 24.0 Å². The molecule has 9 heteroatoms. The largest absolute Gasteiger partial charge is 0.335 e. The molecule has 2 heterocycles. The maximum atomic E-state index is 14.2. The fourth-order valence-electron chi connectivity index (χ4n) is 4.47. The van der Waals surface area contributed by atoms with Gasteiger partial charge in [-0.25, -0.2) is 14.2 Å². The number of aromatic amines is 1. The normalized spacial score (nSPS) is 13.5. The Morgan fingerprint density at radius 1 is 1.11 bits per heavy atom. The summed E-state index contributed by atoms with van der Waals surface area (Å²) < 4.78 is 17.6. The molecule has 0 bridgehead atoms. The monoisotopic (exact) mass is 483 g/mol. The smallest absolute Gasteiger partial charge is 0.330 e. The highest BCUT2D eigenvalue weighted by molar-refractivity contribution is 5.77. The number of hydrogen-bond acceptors (Lipinski definition) is 4. The van der Waals surface area contributed by atoms with Crippen molar-refractivity contribution in [2.45, 2.75) is 90.9 Å². The van der Waals surface area contributed by atoms with Crippen LogP contribution in [-0.4, -0.2) is 36.0 Å². The Bertz CT molecular complexity index is 1300. The standard InChI is InChI=1S/C26H34FN5O3/c1-3-5-15-30-21(28-24-23(30)25(34)29-26(35)31(24)16-6-4-2)13-14-22(33)32(19-11-12-19)17-18-9-7-8-10-20(18)27/h7-10,19H,3-6,11-17H2,1-2H3,(H,29,34,35). The summed E-state index contributed by atoms with van der Waals surface area (Å²) in [5.41, 5.74) is 0.383. The van der Waals surface area contributed by atoms with Gasteiger partial charge in [0.05, 0.1) is 0 Å². The summed E-state index contributed by atoms with van der Waals surface area (Å²) >= 11 is 0. The van der Waals surface area contributed by atoms with Crippen molar-refractivity contribution >= 4 is 17.1 Å². The average molecular weight is 484 g/mol. The minimum atomic E-state index is -0.455. The molecular formula is C26H34FN5O3. The van der Waals surface area contributed by atoms with Crippen molar-refractivity contribution in [2.75, 3.05) is 0 Å². The number of H-pyrrole nitrogens is 1. The van der Waals surface area contributed by atoms with Crippen LogP contribution in [0.2, 0.25) is 0 Å². The highest BCUT2D eigenvalue weighted by atomic mass is 19.1. The number of fused-ring (bicyclic) bond motifs is 1. The predicted molar refractivity (Wildman–Crippen MR) is 133 cm³/mol. The molecule has 8 nitrogen and oxygen atoms in total. The van der Waals surface area contributed by atoms with Gasteiger partial charge < -0.3 is 9.47 Å². The van der Waals surface area contributed by atoms with E-state index in [2.05, 4.69) is 11.9 Å². The second-order valence-electron chi connectivity index (χ2n) is 9.31. The van der Waals surface area contributed by atoms with Gasteiger partial charge >= 0.3 is 5.69 Å². The van der Waals surface area contributed by atoms with Crippen LogP contribution in [0.3, 0.4) is 0 Å². The van der Waals surface area contributed by atoms with Gasteiger partial charge in [-0.3, -0.25) is 19.1 Å². The highest BCUT2D eigenvalue weighted by Crippen LogP contribution is 2.30. The van der Waals surface area contributed by atoms with Gasteiger partial charge in [0, 0.05) is 44.1 Å². The van der Waals surface area contributed by atoms with Crippen molar-refractivity contribution in [3.63, 3.8) is 0 Å². The molecule has 1 fully saturated rings. The van der Waals surface area contributed by atoms with Gasteiger partial charge in [0.15, 0.2) is 11.2 Å². The van der Waals surface area contributed by atoms with Gasteiger partial charge in [0.2, 0.25) is 5.91 Å². The first-order chi connectivity index (χ1) is 16.9. The molecule has 4 rings (SSSR count). The van der Waals surface area contributed by atoms with E-state index in [1.165, 1.54) is 10.6 Å². The summed E-state index contributed by atoms with van der Waals surface area (Å²) in [6, 6.07) is 6.69. The number of aryl methyl sites for hydroxylation is 3. The molecule has 1 N–H and O–H groups in total. The van der Waals surface area contributed by atoms with E-state index in [4.69, 9.17) is 4.98 Å². The molecule has 1 amide bonds. The van der Waals surface area contributed by atoms with Crippen LogP contribution in [0.1, 0.15) is 70.2 Å². The maximum absolute atomic E-state index is 14.2. The fourth-order valence-corrected chi connectivity index (χ4v) is 4.47. The van der Waals surface area contributed by atoms with Crippen LogP contribution < -0.4 is 11.2 Å². The lowest BCUT2D eigenvalue weighted by Gasteiger charge is -2.23. The zero-order chi connectivity index (χ0) is 24.9. The van der Waals surface area contributed by atoms with Crippen molar-refractivity contribution in [3.8, 4) is 0 Å². The number of carbonyl (C=O) groups excluding carboxylic acids is 1. The third-order valence-corrected chi connectivity index (χ3v) is 6.60. The predicted octanol–water partition coefficient (Wildman–Crippen LogP) is 3.75. The van der Waals surface area contributed by atoms with E-state index in [0.717, 1.165) is 38.5 Å². The number of hydrogen-bond donors (Lipinski definition) is 1. The summed E-state index contributed by atoms with van der Waals surface area (Å²) in [6.07, 6.45) is 5.89. The summed E-state index contributed by atoms with van der Waals surface area (Å²) in [4.78, 5) is 47.4. The Morgan fingerprint density at radius 2 is 1.80 bits per heavy atom. The maximum Gasteiger partial charge on any atom is 0.330 e. The zero-order valence-corrected chi connectivity index (χ0v) is 20.6. The third kappa shape index (κ3) is 5.55. The molecule has 2 aromatic heterocycles. The summed E-state index contributed by atoms with van der Waals surface area (Å²) in [6.45, 7) is 5.42. The molecule has 0 atom stereocenters. The number of nitrogens with one attached hydrogen (secondary N) is 1. The van der Waals surface area contributed by atoms with Crippen LogP contribution in [0.15, 0.2) is 33.9 Å². The second kappa shape index (κ2) is 11.0. The van der Waals surface area contributed by atoms with Gasteiger partial charge in [-0.15, -0.1) is 0 Å². The molecule has 188 valence electrons. The molecule has 0 saturated heterocycles. The minimum absolute atomic E-state index is 0.0536. The minimum Gasteiger partial charge on any atom is -0.335 e. The zero-order valence-electron chi connectivity index (χ0n) is 20.6. The summed E-state index contributed by atoms with van der Waals surface area (Å²) in [5.74, 6) is 0.267. The molecule has 35 heavy (non-hydrogen) atoms. The molecule has 0 aliphatic heterocycles. The van der Waals surface area contributed by atoms with Crippen LogP contribution in [0.25, 0.3) is 11.2 Å². The fraction of sp³-hybridized carbons (Fsp3) is 0.538. The van der Waals surface area contributed by atoms with E-state index in [9.17, 15) is 18.8 Å². The Kier molecular flexibility index (Phi) is 7.83. The van der Waals surface area contributed by atoms with Gasteiger partial charge in [0.25, 0.3) is 5.56 Å². The molecule has 1 aliphatic rings. The van der Waals surface area contributed by atoms with Crippen LogP contribution in [0.5, 0.6) is 0 Å². The van der Waals surface area contributed by atoms with Crippen molar-refractivity contribution in [1.29, 1.82) is 0 Å². The van der Waals surface area contributed by atoms with Crippen LogP contribution in [0.4, 0.5) is 4.39 Å². The summed E-state index contributed by atoms with van der Waals surface area (Å²) in [7, 11) is 0. The molecule has 1 aromatic carbocycles. The molecule has 1 aliphatic carbocycles. The van der Waals surface area contributed by atoms with Crippen LogP contribution >= 0.6 is 0 Å². The van der Waals surface area contributed by atoms with E-state index in [0.29, 0.717) is 42.1 Å². The topological polar surface area (TPSA) is 93.0 Å². The number of aromatic nitrogens is 4. The third-order valence-electron chi connectivity index (χ3n) is 6.60. The lowest BCUT2D eigenvalue weighted by molar-refractivity contribution is -0.132. The van der Waals surface area contributed by atoms with E-state index in [1.807, 2.05) is 11.5 Å². The Hall–Kier alpha value is -3.23. The Morgan fingerprint density at radius 3 is 2.46 bits per heavy atom. The number of imidazole rings is 1. The van der Waals surface area contributed by atoms with E-state index in [1.54, 1.807) is 23.1 Å². The van der Waals surface area contributed by atoms with Crippen LogP contribution in [0, 0.1) is 5.82 Å². The first-order valence-corrected chi connectivity index (χ1v) is 12.7. The van der Waals surface area contributed by atoms with Gasteiger partial charge in [-0.2, -0.15) is 0 Å². The number of unbranched alkanes of at least 4 members (excludes halogenated alkanes) is 2. The molecule has 0 unspecified atom stereocenters. The Balaban J connectivity index is 1.61. The Labute approximate surface area is 203 Å². The van der Waals surface area contributed by atoms with E-state index in [-0.39, 0.29) is 30.7 Å². The van der Waals surface area contributed by atoms with Crippen molar-refractivity contribution in [3.05, 3.63) is 62.3 Å².